The van der Waals surface area contributed by atoms with E-state index < -0.39 is 11.7 Å². The molecule has 4 rings (SSSR count). The van der Waals surface area contributed by atoms with Crippen LogP contribution in [0.25, 0.3) is 0 Å². The number of para-hydroxylation sites is 1. The third kappa shape index (κ3) is 5.28. The largest absolute Gasteiger partial charge is 0.421 e. The molecule has 2 N–H and O–H groups in total. The van der Waals surface area contributed by atoms with Crippen LogP contribution in [0, 0.1) is 0 Å². The molecule has 0 saturated heterocycles. The molecule has 1 fully saturated rings. The molecule has 1 aliphatic carbocycles. The summed E-state index contributed by atoms with van der Waals surface area (Å²) in [4.78, 5) is 8.01. The van der Waals surface area contributed by atoms with E-state index in [4.69, 9.17) is 11.6 Å². The van der Waals surface area contributed by atoms with Crippen molar-refractivity contribution in [1.29, 1.82) is 0 Å². The van der Waals surface area contributed by atoms with Crippen LogP contribution in [0.1, 0.15) is 49.1 Å². The molecule has 162 valence electrons. The molecular formula is C23H22ClF3N4. The van der Waals surface area contributed by atoms with Gasteiger partial charge in [0, 0.05) is 22.6 Å². The highest BCUT2D eigenvalue weighted by molar-refractivity contribution is 6.30. The summed E-state index contributed by atoms with van der Waals surface area (Å²) in [5.41, 5.74) is 1.39. The molecule has 0 unspecified atom stereocenters. The van der Waals surface area contributed by atoms with Crippen molar-refractivity contribution in [2.24, 2.45) is 0 Å². The van der Waals surface area contributed by atoms with Crippen LogP contribution in [0.4, 0.5) is 36.3 Å². The molecule has 0 radical (unpaired) electrons. The maximum atomic E-state index is 13.7. The van der Waals surface area contributed by atoms with Crippen LogP contribution in [-0.4, -0.2) is 9.97 Å². The van der Waals surface area contributed by atoms with E-state index in [0.29, 0.717) is 22.3 Å². The molecule has 1 heterocycles. The maximum Gasteiger partial charge on any atom is 0.421 e. The van der Waals surface area contributed by atoms with Crippen molar-refractivity contribution in [3.63, 3.8) is 0 Å². The van der Waals surface area contributed by atoms with E-state index in [-0.39, 0.29) is 11.8 Å². The van der Waals surface area contributed by atoms with Gasteiger partial charge in [0.2, 0.25) is 5.95 Å². The zero-order valence-electron chi connectivity index (χ0n) is 16.7. The van der Waals surface area contributed by atoms with Gasteiger partial charge in [-0.3, -0.25) is 0 Å². The Kier molecular flexibility index (Phi) is 6.32. The Morgan fingerprint density at radius 1 is 0.903 bits per heavy atom. The molecular weight excluding hydrogens is 425 g/mol. The Balaban J connectivity index is 1.67. The Morgan fingerprint density at radius 2 is 1.61 bits per heavy atom. The quantitative estimate of drug-likeness (QED) is 0.422. The molecule has 4 nitrogen and oxygen atoms in total. The lowest BCUT2D eigenvalue weighted by atomic mass is 9.83. The van der Waals surface area contributed by atoms with Crippen LogP contribution < -0.4 is 10.6 Å². The van der Waals surface area contributed by atoms with Crippen molar-refractivity contribution in [2.75, 3.05) is 10.6 Å². The van der Waals surface area contributed by atoms with Gasteiger partial charge in [-0.1, -0.05) is 49.1 Å². The number of hydrogen-bond acceptors (Lipinski definition) is 4. The molecule has 1 saturated carbocycles. The first kappa shape index (κ1) is 21.4. The van der Waals surface area contributed by atoms with Gasteiger partial charge in [-0.05, 0) is 54.7 Å². The second-order valence-corrected chi connectivity index (χ2v) is 8.07. The number of alkyl halides is 3. The third-order valence-electron chi connectivity index (χ3n) is 5.45. The predicted octanol–water partition coefficient (Wildman–Crippen LogP) is 7.68. The van der Waals surface area contributed by atoms with Gasteiger partial charge in [0.15, 0.2) is 0 Å². The number of nitrogens with one attached hydrogen (secondary N) is 2. The number of benzene rings is 2. The molecule has 0 amide bonds. The average molecular weight is 447 g/mol. The van der Waals surface area contributed by atoms with Crippen molar-refractivity contribution >= 4 is 34.7 Å². The van der Waals surface area contributed by atoms with Crippen molar-refractivity contribution in [3.05, 3.63) is 70.9 Å². The van der Waals surface area contributed by atoms with Crippen LogP contribution in [-0.2, 0) is 6.18 Å². The first-order chi connectivity index (χ1) is 14.9. The third-order valence-corrected chi connectivity index (χ3v) is 5.71. The molecule has 1 aromatic heterocycles. The average Bonchev–Trinajstić information content (AvgIpc) is 2.76. The second kappa shape index (κ2) is 9.14. The van der Waals surface area contributed by atoms with Crippen LogP contribution in [0.5, 0.6) is 0 Å². The van der Waals surface area contributed by atoms with Gasteiger partial charge in [0.1, 0.15) is 11.4 Å². The summed E-state index contributed by atoms with van der Waals surface area (Å²) < 4.78 is 41.0. The normalized spacial score (nSPS) is 15.0. The van der Waals surface area contributed by atoms with Gasteiger partial charge in [0.25, 0.3) is 0 Å². The molecule has 0 aliphatic heterocycles. The lowest BCUT2D eigenvalue weighted by molar-refractivity contribution is -0.137. The molecule has 0 bridgehead atoms. The maximum absolute atomic E-state index is 13.7. The van der Waals surface area contributed by atoms with E-state index in [9.17, 15) is 13.2 Å². The van der Waals surface area contributed by atoms with Crippen LogP contribution in [0.2, 0.25) is 5.02 Å². The Bertz CT molecular complexity index is 1030. The summed E-state index contributed by atoms with van der Waals surface area (Å²) in [6, 6.07) is 14.3. The lowest BCUT2D eigenvalue weighted by Crippen LogP contribution is -2.14. The summed E-state index contributed by atoms with van der Waals surface area (Å²) in [6.45, 7) is 0. The Labute approximate surface area is 183 Å². The van der Waals surface area contributed by atoms with Crippen LogP contribution in [0.3, 0.4) is 0 Å². The highest BCUT2D eigenvalue weighted by Crippen LogP contribution is 2.39. The molecule has 31 heavy (non-hydrogen) atoms. The van der Waals surface area contributed by atoms with Gasteiger partial charge in [-0.15, -0.1) is 0 Å². The minimum atomic E-state index is -4.58. The molecule has 3 aromatic rings. The van der Waals surface area contributed by atoms with E-state index >= 15 is 0 Å². The first-order valence-electron chi connectivity index (χ1n) is 10.2. The summed E-state index contributed by atoms with van der Waals surface area (Å²) >= 11 is 5.89. The molecule has 8 heteroatoms. The van der Waals surface area contributed by atoms with Crippen molar-refractivity contribution in [2.45, 2.75) is 44.2 Å². The monoisotopic (exact) mass is 446 g/mol. The van der Waals surface area contributed by atoms with Crippen molar-refractivity contribution in [1.82, 2.24) is 9.97 Å². The number of aromatic nitrogens is 2. The van der Waals surface area contributed by atoms with Gasteiger partial charge < -0.3 is 10.6 Å². The molecule has 0 atom stereocenters. The number of anilines is 4. The minimum absolute atomic E-state index is 0.0629. The topological polar surface area (TPSA) is 49.8 Å². The zero-order valence-corrected chi connectivity index (χ0v) is 17.5. The van der Waals surface area contributed by atoms with E-state index in [1.165, 1.54) is 6.42 Å². The SMILES string of the molecule is FC(F)(F)c1cnc(Nc2ccc(Cl)cc2)nc1Nc1ccccc1C1CCCCC1. The molecule has 1 aliphatic rings. The second-order valence-electron chi connectivity index (χ2n) is 7.63. The van der Waals surface area contributed by atoms with E-state index in [1.807, 2.05) is 18.2 Å². The molecule has 0 spiro atoms. The van der Waals surface area contributed by atoms with Crippen LogP contribution >= 0.6 is 11.6 Å². The lowest BCUT2D eigenvalue weighted by Gasteiger charge is -2.25. The summed E-state index contributed by atoms with van der Waals surface area (Å²) in [5, 5.41) is 6.43. The fourth-order valence-corrected chi connectivity index (χ4v) is 4.04. The van der Waals surface area contributed by atoms with Crippen molar-refractivity contribution < 1.29 is 13.2 Å². The molecule has 2 aromatic carbocycles. The minimum Gasteiger partial charge on any atom is -0.339 e. The van der Waals surface area contributed by atoms with Gasteiger partial charge in [0.05, 0.1) is 0 Å². The number of nitrogens with zero attached hydrogens (tertiary/aromatic N) is 2. The standard InChI is InChI=1S/C23H22ClF3N4/c24-16-10-12-17(13-11-16)29-22-28-14-19(23(25,26)27)21(31-22)30-20-9-5-4-8-18(20)15-6-2-1-3-7-15/h4-5,8-15H,1-3,6-7H2,(H2,28,29,30,31). The summed E-state index contributed by atoms with van der Waals surface area (Å²) in [7, 11) is 0. The van der Waals surface area contributed by atoms with Gasteiger partial charge in [-0.25, -0.2) is 4.98 Å². The Hall–Kier alpha value is -2.80. The predicted molar refractivity (Wildman–Crippen MR) is 117 cm³/mol. The summed E-state index contributed by atoms with van der Waals surface area (Å²) in [5.74, 6) is 0.121. The summed E-state index contributed by atoms with van der Waals surface area (Å²) in [6.07, 6.45) is 1.77. The van der Waals surface area contributed by atoms with Crippen LogP contribution in [0.15, 0.2) is 54.7 Å². The van der Waals surface area contributed by atoms with E-state index in [1.54, 1.807) is 30.3 Å². The highest BCUT2D eigenvalue weighted by atomic mass is 35.5. The Morgan fingerprint density at radius 3 is 2.32 bits per heavy atom. The van der Waals surface area contributed by atoms with E-state index in [0.717, 1.165) is 37.4 Å². The zero-order chi connectivity index (χ0) is 21.8. The fraction of sp³-hybridized carbons (Fsp3) is 0.304. The smallest absolute Gasteiger partial charge is 0.339 e. The number of hydrogen-bond donors (Lipinski definition) is 2. The van der Waals surface area contributed by atoms with Gasteiger partial charge >= 0.3 is 6.18 Å². The number of rotatable bonds is 5. The van der Waals surface area contributed by atoms with Gasteiger partial charge in [-0.2, -0.15) is 18.2 Å². The fourth-order valence-electron chi connectivity index (χ4n) is 3.92. The number of halogens is 4. The van der Waals surface area contributed by atoms with Crippen molar-refractivity contribution in [3.8, 4) is 0 Å². The van der Waals surface area contributed by atoms with E-state index in [2.05, 4.69) is 20.6 Å². The highest BCUT2D eigenvalue weighted by Gasteiger charge is 2.35. The first-order valence-corrected chi connectivity index (χ1v) is 10.6.